The van der Waals surface area contributed by atoms with Crippen LogP contribution < -0.4 is 5.32 Å². The summed E-state index contributed by atoms with van der Waals surface area (Å²) in [6.07, 6.45) is 4.54. The van der Waals surface area contributed by atoms with Crippen LogP contribution in [0.1, 0.15) is 18.4 Å². The van der Waals surface area contributed by atoms with E-state index in [0.717, 1.165) is 13.1 Å². The lowest BCUT2D eigenvalue weighted by atomic mass is 9.75. The second-order valence-electron chi connectivity index (χ2n) is 4.18. The van der Waals surface area contributed by atoms with Crippen LogP contribution in [0.5, 0.6) is 0 Å². The third kappa shape index (κ3) is 1.04. The minimum Gasteiger partial charge on any atom is -0.317 e. The third-order valence-corrected chi connectivity index (χ3v) is 3.39. The predicted molar refractivity (Wildman–Crippen MR) is 58.4 cm³/mol. The number of para-hydroxylation sites is 1. The Labute approximate surface area is 84.1 Å². The number of piperidine rings is 1. The normalized spacial score (nSPS) is 22.6. The Bertz CT molecular complexity index is 376. The molecule has 0 aliphatic carbocycles. The van der Waals surface area contributed by atoms with Crippen molar-refractivity contribution in [2.24, 2.45) is 4.99 Å². The van der Waals surface area contributed by atoms with Gasteiger partial charge in [0, 0.05) is 11.6 Å². The van der Waals surface area contributed by atoms with Gasteiger partial charge < -0.3 is 5.32 Å². The molecular formula is C12H14N2. The first kappa shape index (κ1) is 8.18. The molecule has 2 nitrogen and oxygen atoms in total. The van der Waals surface area contributed by atoms with Crippen LogP contribution in [0.4, 0.5) is 5.69 Å². The fraction of sp³-hybridized carbons (Fsp3) is 0.417. The van der Waals surface area contributed by atoms with Crippen LogP contribution in [-0.2, 0) is 5.41 Å². The average molecular weight is 186 g/mol. The molecule has 0 amide bonds. The number of aliphatic imine (C=N–C) groups is 1. The second-order valence-corrected chi connectivity index (χ2v) is 4.18. The van der Waals surface area contributed by atoms with Crippen LogP contribution in [0.3, 0.4) is 0 Å². The van der Waals surface area contributed by atoms with Crippen LogP contribution in [0.25, 0.3) is 0 Å². The molecule has 1 spiro atoms. The minimum absolute atomic E-state index is 0.252. The van der Waals surface area contributed by atoms with Gasteiger partial charge in [0.1, 0.15) is 0 Å². The monoisotopic (exact) mass is 186 g/mol. The van der Waals surface area contributed by atoms with Crippen molar-refractivity contribution in [3.05, 3.63) is 29.8 Å². The lowest BCUT2D eigenvalue weighted by Crippen LogP contribution is -2.39. The lowest BCUT2D eigenvalue weighted by molar-refractivity contribution is 0.408. The standard InChI is InChI=1S/C12H14N2/c1-2-4-11-10(3-1)12(9-14-11)5-7-13-8-6-12/h1-4,9,13H,5-8H2. The SMILES string of the molecule is C1=Nc2ccccc2C12CCNCC2. The molecule has 2 heteroatoms. The fourth-order valence-corrected chi connectivity index (χ4v) is 2.54. The number of hydrogen-bond acceptors (Lipinski definition) is 2. The van der Waals surface area contributed by atoms with Gasteiger partial charge in [-0.05, 0) is 37.6 Å². The van der Waals surface area contributed by atoms with Gasteiger partial charge in [0.05, 0.1) is 5.69 Å². The maximum Gasteiger partial charge on any atom is 0.0667 e. The lowest BCUT2D eigenvalue weighted by Gasteiger charge is -2.32. The molecule has 1 saturated heterocycles. The molecule has 0 atom stereocenters. The van der Waals surface area contributed by atoms with Gasteiger partial charge in [-0.3, -0.25) is 4.99 Å². The predicted octanol–water partition coefficient (Wildman–Crippen LogP) is 2.02. The summed E-state index contributed by atoms with van der Waals surface area (Å²) >= 11 is 0. The van der Waals surface area contributed by atoms with Crippen molar-refractivity contribution in [3.8, 4) is 0 Å². The summed E-state index contributed by atoms with van der Waals surface area (Å²) in [7, 11) is 0. The molecule has 1 aromatic rings. The summed E-state index contributed by atoms with van der Waals surface area (Å²) < 4.78 is 0. The van der Waals surface area contributed by atoms with Crippen LogP contribution in [0.2, 0.25) is 0 Å². The van der Waals surface area contributed by atoms with Crippen LogP contribution >= 0.6 is 0 Å². The van der Waals surface area contributed by atoms with Crippen molar-refractivity contribution in [2.75, 3.05) is 13.1 Å². The zero-order valence-electron chi connectivity index (χ0n) is 8.16. The van der Waals surface area contributed by atoms with Crippen molar-refractivity contribution in [3.63, 3.8) is 0 Å². The Morgan fingerprint density at radius 3 is 2.79 bits per heavy atom. The summed E-state index contributed by atoms with van der Waals surface area (Å²) in [5.41, 5.74) is 2.86. The molecule has 1 N–H and O–H groups in total. The highest BCUT2D eigenvalue weighted by atomic mass is 14.9. The van der Waals surface area contributed by atoms with Crippen molar-refractivity contribution < 1.29 is 0 Å². The van der Waals surface area contributed by atoms with Gasteiger partial charge in [0.2, 0.25) is 0 Å². The van der Waals surface area contributed by atoms with E-state index in [0.29, 0.717) is 0 Å². The molecule has 0 bridgehead atoms. The molecule has 0 saturated carbocycles. The van der Waals surface area contributed by atoms with E-state index in [2.05, 4.69) is 40.8 Å². The molecule has 72 valence electrons. The van der Waals surface area contributed by atoms with E-state index in [1.54, 1.807) is 0 Å². The van der Waals surface area contributed by atoms with E-state index in [1.807, 2.05) is 0 Å². The van der Waals surface area contributed by atoms with Crippen LogP contribution in [0.15, 0.2) is 29.3 Å². The highest BCUT2D eigenvalue weighted by Crippen LogP contribution is 2.41. The van der Waals surface area contributed by atoms with E-state index < -0.39 is 0 Å². The minimum atomic E-state index is 0.252. The number of hydrogen-bond donors (Lipinski definition) is 1. The van der Waals surface area contributed by atoms with Crippen molar-refractivity contribution in [1.82, 2.24) is 5.32 Å². The zero-order valence-corrected chi connectivity index (χ0v) is 8.16. The van der Waals surface area contributed by atoms with Crippen molar-refractivity contribution >= 4 is 11.9 Å². The first-order valence-electron chi connectivity index (χ1n) is 5.26. The Kier molecular flexibility index (Phi) is 1.71. The topological polar surface area (TPSA) is 24.4 Å². The number of rotatable bonds is 0. The molecular weight excluding hydrogens is 172 g/mol. The number of nitrogens with zero attached hydrogens (tertiary/aromatic N) is 1. The molecule has 2 aliphatic rings. The van der Waals surface area contributed by atoms with Gasteiger partial charge in [-0.15, -0.1) is 0 Å². The van der Waals surface area contributed by atoms with E-state index in [-0.39, 0.29) is 5.41 Å². The molecule has 0 unspecified atom stereocenters. The van der Waals surface area contributed by atoms with Gasteiger partial charge in [-0.1, -0.05) is 18.2 Å². The van der Waals surface area contributed by atoms with Crippen molar-refractivity contribution in [1.29, 1.82) is 0 Å². The first-order chi connectivity index (χ1) is 6.91. The Morgan fingerprint density at radius 2 is 1.93 bits per heavy atom. The molecule has 0 aromatic heterocycles. The summed E-state index contributed by atoms with van der Waals surface area (Å²) in [5.74, 6) is 0. The van der Waals surface area contributed by atoms with Crippen LogP contribution in [0, 0.1) is 0 Å². The molecule has 3 rings (SSSR count). The van der Waals surface area contributed by atoms with E-state index >= 15 is 0 Å². The van der Waals surface area contributed by atoms with E-state index in [1.165, 1.54) is 24.1 Å². The number of nitrogens with one attached hydrogen (secondary N) is 1. The molecule has 2 aliphatic heterocycles. The number of fused-ring (bicyclic) bond motifs is 2. The quantitative estimate of drug-likeness (QED) is 0.658. The molecule has 1 aromatic carbocycles. The molecule has 1 fully saturated rings. The average Bonchev–Trinajstić information content (AvgIpc) is 2.60. The first-order valence-corrected chi connectivity index (χ1v) is 5.26. The van der Waals surface area contributed by atoms with Gasteiger partial charge >= 0.3 is 0 Å². The van der Waals surface area contributed by atoms with E-state index in [4.69, 9.17) is 0 Å². The summed E-state index contributed by atoms with van der Waals surface area (Å²) in [6.45, 7) is 2.22. The smallest absolute Gasteiger partial charge is 0.0667 e. The summed E-state index contributed by atoms with van der Waals surface area (Å²) in [4.78, 5) is 4.52. The molecule has 14 heavy (non-hydrogen) atoms. The Balaban J connectivity index is 2.07. The van der Waals surface area contributed by atoms with Gasteiger partial charge in [0.25, 0.3) is 0 Å². The molecule has 0 radical (unpaired) electrons. The van der Waals surface area contributed by atoms with E-state index in [9.17, 15) is 0 Å². The maximum absolute atomic E-state index is 4.52. The zero-order chi connectivity index (χ0) is 9.43. The maximum atomic E-state index is 4.52. The van der Waals surface area contributed by atoms with Gasteiger partial charge in [-0.25, -0.2) is 0 Å². The highest BCUT2D eigenvalue weighted by Gasteiger charge is 2.36. The highest BCUT2D eigenvalue weighted by molar-refractivity contribution is 5.85. The Hall–Kier alpha value is -1.15. The van der Waals surface area contributed by atoms with Gasteiger partial charge in [0.15, 0.2) is 0 Å². The largest absolute Gasteiger partial charge is 0.317 e. The van der Waals surface area contributed by atoms with Crippen molar-refractivity contribution in [2.45, 2.75) is 18.3 Å². The van der Waals surface area contributed by atoms with Gasteiger partial charge in [-0.2, -0.15) is 0 Å². The second kappa shape index (κ2) is 2.92. The van der Waals surface area contributed by atoms with Crippen LogP contribution in [-0.4, -0.2) is 19.3 Å². The fourth-order valence-electron chi connectivity index (χ4n) is 2.54. The molecule has 2 heterocycles. The number of benzene rings is 1. The summed E-state index contributed by atoms with van der Waals surface area (Å²) in [6, 6.07) is 8.53. The Morgan fingerprint density at radius 1 is 1.14 bits per heavy atom. The summed E-state index contributed by atoms with van der Waals surface area (Å²) in [5, 5.41) is 3.41. The third-order valence-electron chi connectivity index (χ3n) is 3.39.